The van der Waals surface area contributed by atoms with E-state index in [0.717, 1.165) is 11.1 Å². The summed E-state index contributed by atoms with van der Waals surface area (Å²) in [6, 6.07) is 7.67. The second-order valence-electron chi connectivity index (χ2n) is 5.46. The number of esters is 2. The molecular formula is C18H20BrNO4. The Bertz CT molecular complexity index is 736. The Morgan fingerprint density at radius 1 is 1.08 bits per heavy atom. The second-order valence-corrected chi connectivity index (χ2v) is 6.02. The highest BCUT2D eigenvalue weighted by molar-refractivity contribution is 9.09. The van der Waals surface area contributed by atoms with Gasteiger partial charge in [-0.2, -0.15) is 0 Å². The molecule has 0 amide bonds. The van der Waals surface area contributed by atoms with Gasteiger partial charge in [-0.15, -0.1) is 0 Å². The molecule has 0 bridgehead atoms. The van der Waals surface area contributed by atoms with Crippen LogP contribution in [0.2, 0.25) is 0 Å². The van der Waals surface area contributed by atoms with E-state index >= 15 is 0 Å². The van der Waals surface area contributed by atoms with Crippen LogP contribution in [0.15, 0.2) is 46.8 Å². The monoisotopic (exact) mass is 393 g/mol. The second kappa shape index (κ2) is 7.66. The molecule has 5 nitrogen and oxygen atoms in total. The van der Waals surface area contributed by atoms with E-state index < -0.39 is 17.9 Å². The summed E-state index contributed by atoms with van der Waals surface area (Å²) in [5, 5.41) is 3.56. The lowest BCUT2D eigenvalue weighted by molar-refractivity contribution is -0.137. The summed E-state index contributed by atoms with van der Waals surface area (Å²) in [6.07, 6.45) is 0. The van der Waals surface area contributed by atoms with Gasteiger partial charge in [-0.05, 0) is 25.0 Å². The Hall–Kier alpha value is -2.08. The van der Waals surface area contributed by atoms with Crippen LogP contribution in [0.1, 0.15) is 24.0 Å². The van der Waals surface area contributed by atoms with Gasteiger partial charge >= 0.3 is 11.9 Å². The molecule has 1 aliphatic rings. The van der Waals surface area contributed by atoms with Crippen LogP contribution in [0.3, 0.4) is 0 Å². The third kappa shape index (κ3) is 3.24. The quantitative estimate of drug-likeness (QED) is 0.629. The van der Waals surface area contributed by atoms with Gasteiger partial charge in [0.15, 0.2) is 0 Å². The van der Waals surface area contributed by atoms with Crippen LogP contribution in [-0.2, 0) is 19.1 Å². The molecule has 1 aromatic carbocycles. The van der Waals surface area contributed by atoms with Crippen molar-refractivity contribution in [2.24, 2.45) is 0 Å². The first-order chi connectivity index (χ1) is 11.5. The highest BCUT2D eigenvalue weighted by atomic mass is 79.9. The minimum Gasteiger partial charge on any atom is -0.466 e. The topological polar surface area (TPSA) is 64.6 Å². The maximum atomic E-state index is 12.5. The van der Waals surface area contributed by atoms with Crippen molar-refractivity contribution in [1.29, 1.82) is 0 Å². The zero-order valence-electron chi connectivity index (χ0n) is 14.1. The van der Waals surface area contributed by atoms with E-state index in [1.807, 2.05) is 31.2 Å². The van der Waals surface area contributed by atoms with Gasteiger partial charge in [-0.3, -0.25) is 0 Å². The molecule has 1 atom stereocenters. The summed E-state index contributed by atoms with van der Waals surface area (Å²) in [7, 11) is 2.66. The van der Waals surface area contributed by atoms with Gasteiger partial charge in [-0.1, -0.05) is 40.2 Å². The van der Waals surface area contributed by atoms with E-state index in [2.05, 4.69) is 21.2 Å². The van der Waals surface area contributed by atoms with Gasteiger partial charge in [-0.25, -0.2) is 9.59 Å². The largest absolute Gasteiger partial charge is 0.466 e. The van der Waals surface area contributed by atoms with E-state index in [9.17, 15) is 9.59 Å². The normalized spacial score (nSPS) is 17.5. The molecular weight excluding hydrogens is 374 g/mol. The molecule has 1 aromatic rings. The van der Waals surface area contributed by atoms with Crippen LogP contribution in [0.4, 0.5) is 0 Å². The van der Waals surface area contributed by atoms with Crippen LogP contribution in [0, 0.1) is 6.92 Å². The van der Waals surface area contributed by atoms with E-state index in [1.165, 1.54) is 14.2 Å². The fourth-order valence-corrected chi connectivity index (χ4v) is 3.40. The molecule has 0 saturated heterocycles. The maximum Gasteiger partial charge on any atom is 0.336 e. The number of allylic oxidation sites excluding steroid dienone is 2. The highest BCUT2D eigenvalue weighted by Crippen LogP contribution is 2.40. The van der Waals surface area contributed by atoms with Crippen LogP contribution in [0.5, 0.6) is 0 Å². The number of aryl methyl sites for hydroxylation is 1. The molecule has 0 spiro atoms. The zero-order valence-corrected chi connectivity index (χ0v) is 15.7. The lowest BCUT2D eigenvalue weighted by atomic mass is 9.79. The average molecular weight is 394 g/mol. The van der Waals surface area contributed by atoms with Crippen molar-refractivity contribution in [1.82, 2.24) is 5.32 Å². The molecule has 1 N–H and O–H groups in total. The lowest BCUT2D eigenvalue weighted by Crippen LogP contribution is -2.33. The minimum atomic E-state index is -0.542. The number of hydrogen-bond donors (Lipinski definition) is 1. The van der Waals surface area contributed by atoms with Crippen molar-refractivity contribution in [2.45, 2.75) is 19.8 Å². The van der Waals surface area contributed by atoms with Gasteiger partial charge in [0.05, 0.1) is 31.3 Å². The van der Waals surface area contributed by atoms with Crippen molar-refractivity contribution in [3.8, 4) is 0 Å². The van der Waals surface area contributed by atoms with Crippen LogP contribution in [-0.4, -0.2) is 31.5 Å². The maximum absolute atomic E-state index is 12.5. The van der Waals surface area contributed by atoms with E-state index in [-0.39, 0.29) is 0 Å². The fraction of sp³-hybridized carbons (Fsp3) is 0.333. The van der Waals surface area contributed by atoms with Crippen molar-refractivity contribution >= 4 is 27.9 Å². The van der Waals surface area contributed by atoms with Crippen LogP contribution < -0.4 is 5.32 Å². The predicted molar refractivity (Wildman–Crippen MR) is 94.6 cm³/mol. The predicted octanol–water partition coefficient (Wildman–Crippen LogP) is 2.95. The van der Waals surface area contributed by atoms with Gasteiger partial charge in [0, 0.05) is 16.7 Å². The number of carbonyl (C=O) groups is 2. The van der Waals surface area contributed by atoms with E-state index in [0.29, 0.717) is 27.9 Å². The van der Waals surface area contributed by atoms with Crippen LogP contribution in [0.25, 0.3) is 0 Å². The molecule has 0 radical (unpaired) electrons. The highest BCUT2D eigenvalue weighted by Gasteiger charge is 2.38. The number of nitrogens with one attached hydrogen (secondary N) is 1. The first kappa shape index (κ1) is 18.3. The summed E-state index contributed by atoms with van der Waals surface area (Å²) in [4.78, 5) is 24.9. The number of ether oxygens (including phenoxy) is 2. The molecule has 128 valence electrons. The molecule has 1 aliphatic heterocycles. The Morgan fingerprint density at radius 2 is 1.67 bits per heavy atom. The first-order valence-corrected chi connectivity index (χ1v) is 8.57. The number of hydrogen-bond acceptors (Lipinski definition) is 5. The Balaban J connectivity index is 2.76. The zero-order chi connectivity index (χ0) is 17.9. The molecule has 24 heavy (non-hydrogen) atoms. The summed E-state index contributed by atoms with van der Waals surface area (Å²) < 4.78 is 9.94. The van der Waals surface area contributed by atoms with E-state index in [1.54, 1.807) is 6.92 Å². The molecule has 1 heterocycles. The lowest BCUT2D eigenvalue weighted by Gasteiger charge is -2.31. The number of carbonyl (C=O) groups excluding carboxylic acids is 2. The Labute approximate surface area is 149 Å². The van der Waals surface area contributed by atoms with Crippen molar-refractivity contribution in [2.75, 3.05) is 19.5 Å². The van der Waals surface area contributed by atoms with E-state index in [4.69, 9.17) is 9.47 Å². The van der Waals surface area contributed by atoms with Crippen molar-refractivity contribution < 1.29 is 19.1 Å². The molecule has 0 saturated carbocycles. The molecule has 1 unspecified atom stereocenters. The summed E-state index contributed by atoms with van der Waals surface area (Å²) in [5.41, 5.74) is 4.02. The minimum absolute atomic E-state index is 0.412. The van der Waals surface area contributed by atoms with Gasteiger partial charge < -0.3 is 14.8 Å². The molecule has 0 aromatic heterocycles. The summed E-state index contributed by atoms with van der Waals surface area (Å²) >= 11 is 3.40. The van der Waals surface area contributed by atoms with Crippen molar-refractivity contribution in [3.05, 3.63) is 57.9 Å². The number of benzene rings is 1. The van der Waals surface area contributed by atoms with Crippen LogP contribution >= 0.6 is 15.9 Å². The number of methoxy groups -OCH3 is 2. The smallest absolute Gasteiger partial charge is 0.336 e. The van der Waals surface area contributed by atoms with Gasteiger partial charge in [0.1, 0.15) is 0 Å². The summed E-state index contributed by atoms with van der Waals surface area (Å²) in [5.74, 6) is -1.48. The summed E-state index contributed by atoms with van der Waals surface area (Å²) in [6.45, 7) is 3.75. The molecule has 6 heteroatoms. The van der Waals surface area contributed by atoms with Gasteiger partial charge in [0.2, 0.25) is 0 Å². The third-order valence-electron chi connectivity index (χ3n) is 4.09. The number of dihydropyridines is 1. The molecule has 2 rings (SSSR count). The Morgan fingerprint density at radius 3 is 2.21 bits per heavy atom. The standard InChI is InChI=1S/C18H20BrNO4/c1-10-7-5-6-8-12(10)15-14(17(21)23-3)11(2)20-13(9-19)16(15)18(22)24-4/h5-8,15,20H,9H2,1-4H3. The number of rotatable bonds is 4. The average Bonchev–Trinajstić information content (AvgIpc) is 2.59. The van der Waals surface area contributed by atoms with Crippen molar-refractivity contribution in [3.63, 3.8) is 0 Å². The van der Waals surface area contributed by atoms with Gasteiger partial charge in [0.25, 0.3) is 0 Å². The number of halogens is 1. The third-order valence-corrected chi connectivity index (χ3v) is 4.65. The molecule has 0 aliphatic carbocycles. The fourth-order valence-electron chi connectivity index (χ4n) is 2.96. The Kier molecular flexibility index (Phi) is 5.83. The molecule has 0 fully saturated rings. The SMILES string of the molecule is COC(=O)C1=C(C)NC(CBr)=C(C(=O)OC)C1c1ccccc1C. The first-order valence-electron chi connectivity index (χ1n) is 7.45. The number of alkyl halides is 1.